The van der Waals surface area contributed by atoms with Crippen molar-refractivity contribution in [2.24, 2.45) is 0 Å². The third kappa shape index (κ3) is 3.09. The van der Waals surface area contributed by atoms with E-state index >= 15 is 0 Å². The van der Waals surface area contributed by atoms with Gasteiger partial charge in [-0.05, 0) is 6.42 Å². The second kappa shape index (κ2) is 4.43. The van der Waals surface area contributed by atoms with E-state index in [1.54, 1.807) is 0 Å². The van der Waals surface area contributed by atoms with E-state index < -0.39 is 7.67 Å². The predicted molar refractivity (Wildman–Crippen MR) is 44.9 cm³/mol. The molecule has 0 unspecified atom stereocenters. The third-order valence-electron chi connectivity index (χ3n) is 1.33. The van der Waals surface area contributed by atoms with E-state index in [1.165, 1.54) is 0 Å². The van der Waals surface area contributed by atoms with Gasteiger partial charge in [-0.15, -0.1) is 11.6 Å². The maximum absolute atomic E-state index is 11.5. The molecule has 0 spiro atoms. The van der Waals surface area contributed by atoms with Crippen LogP contribution >= 0.6 is 19.3 Å². The highest BCUT2D eigenvalue weighted by molar-refractivity contribution is 7.54. The Balaban J connectivity index is 2.32. The van der Waals surface area contributed by atoms with Gasteiger partial charge in [-0.3, -0.25) is 4.57 Å². The summed E-state index contributed by atoms with van der Waals surface area (Å²) in [4.78, 5) is 0. The van der Waals surface area contributed by atoms with Crippen molar-refractivity contribution in [1.29, 1.82) is 0 Å². The Morgan fingerprint density at radius 2 is 2.55 bits per heavy atom. The zero-order valence-electron chi connectivity index (χ0n) is 6.18. The number of nitrogens with one attached hydrogen (secondary N) is 2. The smallest absolute Gasteiger partial charge is 0.306 e. The van der Waals surface area contributed by atoms with Crippen molar-refractivity contribution in [3.63, 3.8) is 0 Å². The molecule has 66 valence electrons. The van der Waals surface area contributed by atoms with Gasteiger partial charge in [0.1, 0.15) is 0 Å². The van der Waals surface area contributed by atoms with Gasteiger partial charge in [-0.2, -0.15) is 0 Å². The molecule has 0 radical (unpaired) electrons. The average Bonchev–Trinajstić information content (AvgIpc) is 2.03. The van der Waals surface area contributed by atoms with Crippen LogP contribution in [-0.4, -0.2) is 25.6 Å². The standard InChI is InChI=1S/C5H12ClN2O2P/c6-2-4-8-11(9)7-3-1-5-10-11/h1-5H2,(H2,7,8,9)/t11-/m1/s1. The maximum atomic E-state index is 11.5. The molecule has 0 amide bonds. The normalized spacial score (nSPS) is 32.1. The van der Waals surface area contributed by atoms with E-state index in [2.05, 4.69) is 10.2 Å². The van der Waals surface area contributed by atoms with Gasteiger partial charge in [-0.25, -0.2) is 10.2 Å². The van der Waals surface area contributed by atoms with Crippen molar-refractivity contribution in [3.05, 3.63) is 0 Å². The number of halogens is 1. The lowest BCUT2D eigenvalue weighted by molar-refractivity contribution is 0.270. The summed E-state index contributed by atoms with van der Waals surface area (Å²) in [6.07, 6.45) is 0.909. The second-order valence-corrected chi connectivity index (χ2v) is 4.62. The zero-order chi connectivity index (χ0) is 8.16. The first-order valence-corrected chi connectivity index (χ1v) is 5.73. The van der Waals surface area contributed by atoms with Crippen molar-refractivity contribution in [2.45, 2.75) is 6.42 Å². The lowest BCUT2D eigenvalue weighted by atomic mass is 10.5. The molecule has 1 aliphatic heterocycles. The zero-order valence-corrected chi connectivity index (χ0v) is 7.83. The van der Waals surface area contributed by atoms with Crippen LogP contribution in [0, 0.1) is 0 Å². The summed E-state index contributed by atoms with van der Waals surface area (Å²) in [5, 5.41) is 5.53. The highest BCUT2D eigenvalue weighted by Gasteiger charge is 2.24. The van der Waals surface area contributed by atoms with Crippen molar-refractivity contribution >= 4 is 19.3 Å². The summed E-state index contributed by atoms with van der Waals surface area (Å²) in [5.41, 5.74) is 0. The van der Waals surface area contributed by atoms with Crippen LogP contribution in [0.1, 0.15) is 6.42 Å². The minimum absolute atomic E-state index is 0.440. The Hall–Kier alpha value is 0.400. The summed E-state index contributed by atoms with van der Waals surface area (Å²) in [5.74, 6) is 0.440. The highest BCUT2D eigenvalue weighted by Crippen LogP contribution is 2.39. The van der Waals surface area contributed by atoms with E-state index in [0.717, 1.165) is 13.0 Å². The van der Waals surface area contributed by atoms with Crippen molar-refractivity contribution in [3.8, 4) is 0 Å². The number of hydrogen-bond donors (Lipinski definition) is 2. The van der Waals surface area contributed by atoms with Crippen LogP contribution in [0.2, 0.25) is 0 Å². The molecule has 1 saturated heterocycles. The fourth-order valence-electron chi connectivity index (χ4n) is 0.828. The molecule has 0 bridgehead atoms. The number of hydrogen-bond acceptors (Lipinski definition) is 2. The maximum Gasteiger partial charge on any atom is 0.340 e. The van der Waals surface area contributed by atoms with Crippen LogP contribution in [0.15, 0.2) is 0 Å². The fraction of sp³-hybridized carbons (Fsp3) is 1.00. The Bertz CT molecular complexity index is 157. The Kier molecular flexibility index (Phi) is 3.82. The molecular formula is C5H12ClN2O2P. The van der Waals surface area contributed by atoms with Gasteiger partial charge >= 0.3 is 7.67 Å². The van der Waals surface area contributed by atoms with Gasteiger partial charge in [0, 0.05) is 19.0 Å². The van der Waals surface area contributed by atoms with Crippen molar-refractivity contribution in [1.82, 2.24) is 10.2 Å². The molecule has 0 saturated carbocycles. The second-order valence-electron chi connectivity index (χ2n) is 2.24. The summed E-state index contributed by atoms with van der Waals surface area (Å²) >= 11 is 5.42. The van der Waals surface area contributed by atoms with Crippen LogP contribution in [0.25, 0.3) is 0 Å². The Morgan fingerprint density at radius 1 is 1.73 bits per heavy atom. The lowest BCUT2D eigenvalue weighted by Gasteiger charge is -2.24. The van der Waals surface area contributed by atoms with E-state index in [0.29, 0.717) is 19.0 Å². The Morgan fingerprint density at radius 3 is 3.09 bits per heavy atom. The molecule has 1 rings (SSSR count). The molecule has 0 aromatic rings. The first-order chi connectivity index (χ1) is 5.27. The van der Waals surface area contributed by atoms with E-state index in [9.17, 15) is 4.57 Å². The van der Waals surface area contributed by atoms with Crippen LogP contribution < -0.4 is 10.2 Å². The van der Waals surface area contributed by atoms with Gasteiger partial charge in [0.25, 0.3) is 0 Å². The SMILES string of the molecule is O=[P@]1(NCCCl)NCCCO1. The fourth-order valence-corrected chi connectivity index (χ4v) is 2.59. The number of rotatable bonds is 3. The minimum atomic E-state index is -2.71. The molecule has 2 N–H and O–H groups in total. The molecule has 0 aliphatic carbocycles. The highest BCUT2D eigenvalue weighted by atomic mass is 35.5. The monoisotopic (exact) mass is 198 g/mol. The van der Waals surface area contributed by atoms with Crippen LogP contribution in [0.5, 0.6) is 0 Å². The van der Waals surface area contributed by atoms with E-state index in [-0.39, 0.29) is 0 Å². The van der Waals surface area contributed by atoms with Gasteiger partial charge < -0.3 is 4.52 Å². The molecule has 6 heteroatoms. The first kappa shape index (κ1) is 9.49. The molecule has 1 aliphatic rings. The molecule has 0 aromatic heterocycles. The topological polar surface area (TPSA) is 50.4 Å². The molecule has 1 heterocycles. The lowest BCUT2D eigenvalue weighted by Crippen LogP contribution is -2.30. The van der Waals surface area contributed by atoms with Gasteiger partial charge in [-0.1, -0.05) is 0 Å². The van der Waals surface area contributed by atoms with Crippen LogP contribution in [-0.2, 0) is 9.09 Å². The van der Waals surface area contributed by atoms with Crippen molar-refractivity contribution in [2.75, 3.05) is 25.6 Å². The third-order valence-corrected chi connectivity index (χ3v) is 3.34. The molecule has 11 heavy (non-hydrogen) atoms. The van der Waals surface area contributed by atoms with E-state index in [1.807, 2.05) is 0 Å². The molecular weight excluding hydrogens is 186 g/mol. The summed E-state index contributed by atoms with van der Waals surface area (Å²) in [6, 6.07) is 0. The molecule has 1 atom stereocenters. The largest absolute Gasteiger partial charge is 0.340 e. The van der Waals surface area contributed by atoms with Gasteiger partial charge in [0.2, 0.25) is 0 Å². The predicted octanol–water partition coefficient (Wildman–Crippen LogP) is 0.933. The van der Waals surface area contributed by atoms with Crippen LogP contribution in [0.3, 0.4) is 0 Å². The quantitative estimate of drug-likeness (QED) is 0.523. The molecule has 0 aromatic carbocycles. The summed E-state index contributed by atoms with van der Waals surface area (Å²) < 4.78 is 16.5. The van der Waals surface area contributed by atoms with Crippen LogP contribution in [0.4, 0.5) is 0 Å². The van der Waals surface area contributed by atoms with Gasteiger partial charge in [0.15, 0.2) is 0 Å². The summed E-state index contributed by atoms with van der Waals surface area (Å²) in [7, 11) is -2.71. The minimum Gasteiger partial charge on any atom is -0.306 e. The van der Waals surface area contributed by atoms with Gasteiger partial charge in [0.05, 0.1) is 6.61 Å². The summed E-state index contributed by atoms with van der Waals surface area (Å²) in [6.45, 7) is 1.80. The van der Waals surface area contributed by atoms with E-state index in [4.69, 9.17) is 16.1 Å². The first-order valence-electron chi connectivity index (χ1n) is 3.58. The number of alkyl halides is 1. The molecule has 1 fully saturated rings. The average molecular weight is 199 g/mol. The van der Waals surface area contributed by atoms with Crippen molar-refractivity contribution < 1.29 is 9.09 Å². The molecule has 4 nitrogen and oxygen atoms in total. The Labute approximate surface area is 71.2 Å².